The van der Waals surface area contributed by atoms with Crippen LogP contribution in [-0.2, 0) is 11.3 Å². The summed E-state index contributed by atoms with van der Waals surface area (Å²) in [4.78, 5) is 0. The van der Waals surface area contributed by atoms with Gasteiger partial charge in [0.1, 0.15) is 0 Å². The topological polar surface area (TPSA) is 39.7 Å². The van der Waals surface area contributed by atoms with Gasteiger partial charge in [0.15, 0.2) is 11.5 Å². The molecule has 0 saturated carbocycles. The number of benzene rings is 1. The van der Waals surface area contributed by atoms with Crippen molar-refractivity contribution in [3.63, 3.8) is 0 Å². The van der Waals surface area contributed by atoms with Crippen molar-refractivity contribution in [2.75, 3.05) is 34.5 Å². The van der Waals surface area contributed by atoms with Crippen molar-refractivity contribution in [3.05, 3.63) is 23.8 Å². The van der Waals surface area contributed by atoms with E-state index in [4.69, 9.17) is 14.2 Å². The summed E-state index contributed by atoms with van der Waals surface area (Å²) in [6, 6.07) is 5.91. The number of para-hydroxylation sites is 1. The van der Waals surface area contributed by atoms with Crippen LogP contribution in [0.4, 0.5) is 0 Å². The van der Waals surface area contributed by atoms with Crippen molar-refractivity contribution < 1.29 is 14.2 Å². The molecule has 0 radical (unpaired) electrons. The first-order valence-corrected chi connectivity index (χ1v) is 5.75. The second-order valence-electron chi connectivity index (χ2n) is 3.67. The van der Waals surface area contributed by atoms with Gasteiger partial charge in [-0.05, 0) is 13.1 Å². The molecule has 0 aliphatic carbocycles. The molecule has 1 rings (SSSR count). The first kappa shape index (κ1) is 13.8. The summed E-state index contributed by atoms with van der Waals surface area (Å²) in [5, 5.41) is 3.12. The molecule has 4 heteroatoms. The van der Waals surface area contributed by atoms with E-state index in [0.717, 1.165) is 30.0 Å². The van der Waals surface area contributed by atoms with Crippen LogP contribution in [0, 0.1) is 0 Å². The first-order valence-electron chi connectivity index (χ1n) is 5.75. The molecule has 0 atom stereocenters. The zero-order valence-electron chi connectivity index (χ0n) is 10.8. The highest BCUT2D eigenvalue weighted by Gasteiger charge is 2.09. The minimum absolute atomic E-state index is 0.630. The maximum atomic E-state index is 5.77. The van der Waals surface area contributed by atoms with Gasteiger partial charge in [0.2, 0.25) is 0 Å². The molecule has 0 aliphatic heterocycles. The quantitative estimate of drug-likeness (QED) is 0.703. The van der Waals surface area contributed by atoms with Crippen molar-refractivity contribution in [3.8, 4) is 11.5 Å². The Bertz CT molecular complexity index is 328. The lowest BCUT2D eigenvalue weighted by Crippen LogP contribution is -2.09. The molecule has 0 saturated heterocycles. The van der Waals surface area contributed by atoms with Crippen molar-refractivity contribution >= 4 is 0 Å². The molecular weight excluding hydrogens is 218 g/mol. The fourth-order valence-corrected chi connectivity index (χ4v) is 1.59. The Morgan fingerprint density at radius 2 is 2.00 bits per heavy atom. The Hall–Kier alpha value is -1.26. The van der Waals surface area contributed by atoms with Gasteiger partial charge in [0.05, 0.1) is 13.7 Å². The molecule has 0 bridgehead atoms. The van der Waals surface area contributed by atoms with E-state index in [1.165, 1.54) is 0 Å². The Kier molecular flexibility index (Phi) is 6.43. The van der Waals surface area contributed by atoms with Gasteiger partial charge in [-0.2, -0.15) is 0 Å². The van der Waals surface area contributed by atoms with Gasteiger partial charge < -0.3 is 19.5 Å². The predicted octanol–water partition coefficient (Wildman–Crippen LogP) is 1.83. The minimum atomic E-state index is 0.630. The van der Waals surface area contributed by atoms with Gasteiger partial charge in [0, 0.05) is 32.2 Å². The van der Waals surface area contributed by atoms with E-state index in [0.29, 0.717) is 13.2 Å². The summed E-state index contributed by atoms with van der Waals surface area (Å²) >= 11 is 0. The van der Waals surface area contributed by atoms with Gasteiger partial charge >= 0.3 is 0 Å². The Balaban J connectivity index is 2.70. The summed E-state index contributed by atoms with van der Waals surface area (Å²) in [7, 11) is 5.25. The third-order valence-electron chi connectivity index (χ3n) is 2.39. The van der Waals surface area contributed by atoms with Crippen LogP contribution in [0.2, 0.25) is 0 Å². The van der Waals surface area contributed by atoms with Crippen molar-refractivity contribution in [1.29, 1.82) is 0 Å². The number of hydrogen-bond acceptors (Lipinski definition) is 4. The summed E-state index contributed by atoms with van der Waals surface area (Å²) in [5.74, 6) is 1.59. The first-order chi connectivity index (χ1) is 8.33. The van der Waals surface area contributed by atoms with E-state index in [-0.39, 0.29) is 0 Å². The molecule has 0 fully saturated rings. The third-order valence-corrected chi connectivity index (χ3v) is 2.39. The summed E-state index contributed by atoms with van der Waals surface area (Å²) in [6.45, 7) is 2.10. The van der Waals surface area contributed by atoms with Gasteiger partial charge in [-0.3, -0.25) is 0 Å². The number of rotatable bonds is 8. The lowest BCUT2D eigenvalue weighted by molar-refractivity contribution is 0.170. The molecule has 0 aliphatic rings. The van der Waals surface area contributed by atoms with Crippen LogP contribution < -0.4 is 14.8 Å². The predicted molar refractivity (Wildman–Crippen MR) is 67.7 cm³/mol. The molecule has 0 aromatic heterocycles. The highest BCUT2D eigenvalue weighted by Crippen LogP contribution is 2.31. The van der Waals surface area contributed by atoms with Crippen LogP contribution in [0.5, 0.6) is 11.5 Å². The van der Waals surface area contributed by atoms with E-state index in [2.05, 4.69) is 5.32 Å². The maximum absolute atomic E-state index is 5.77. The molecule has 0 spiro atoms. The van der Waals surface area contributed by atoms with Crippen LogP contribution in [0.1, 0.15) is 12.0 Å². The third kappa shape index (κ3) is 4.24. The van der Waals surface area contributed by atoms with E-state index < -0.39 is 0 Å². The number of methoxy groups -OCH3 is 2. The molecule has 0 heterocycles. The lowest BCUT2D eigenvalue weighted by Gasteiger charge is -2.14. The van der Waals surface area contributed by atoms with E-state index >= 15 is 0 Å². The molecule has 1 aromatic rings. The maximum Gasteiger partial charge on any atom is 0.165 e. The van der Waals surface area contributed by atoms with E-state index in [1.54, 1.807) is 14.2 Å². The molecule has 0 amide bonds. The molecule has 1 N–H and O–H groups in total. The van der Waals surface area contributed by atoms with Crippen molar-refractivity contribution in [2.24, 2.45) is 0 Å². The highest BCUT2D eigenvalue weighted by molar-refractivity contribution is 5.46. The van der Waals surface area contributed by atoms with Crippen molar-refractivity contribution in [1.82, 2.24) is 5.32 Å². The molecule has 17 heavy (non-hydrogen) atoms. The Morgan fingerprint density at radius 3 is 2.65 bits per heavy atom. The molecule has 96 valence electrons. The second kappa shape index (κ2) is 7.92. The zero-order chi connectivity index (χ0) is 12.5. The fraction of sp³-hybridized carbons (Fsp3) is 0.538. The minimum Gasteiger partial charge on any atom is -0.493 e. The largest absolute Gasteiger partial charge is 0.493 e. The van der Waals surface area contributed by atoms with Gasteiger partial charge in [0.25, 0.3) is 0 Å². The average Bonchev–Trinajstić information content (AvgIpc) is 2.36. The SMILES string of the molecule is CNCc1cccc(OC)c1OCCCOC. The van der Waals surface area contributed by atoms with E-state index in [1.807, 2.05) is 25.2 Å². The van der Waals surface area contributed by atoms with Crippen molar-refractivity contribution in [2.45, 2.75) is 13.0 Å². The van der Waals surface area contributed by atoms with Crippen LogP contribution in [0.25, 0.3) is 0 Å². The van der Waals surface area contributed by atoms with Crippen LogP contribution in [0.3, 0.4) is 0 Å². The molecular formula is C13H21NO3. The smallest absolute Gasteiger partial charge is 0.165 e. The van der Waals surface area contributed by atoms with Crippen LogP contribution >= 0.6 is 0 Å². The molecule has 0 unspecified atom stereocenters. The number of hydrogen-bond donors (Lipinski definition) is 1. The average molecular weight is 239 g/mol. The van der Waals surface area contributed by atoms with Gasteiger partial charge in [-0.25, -0.2) is 0 Å². The highest BCUT2D eigenvalue weighted by atomic mass is 16.5. The monoisotopic (exact) mass is 239 g/mol. The number of nitrogens with one attached hydrogen (secondary N) is 1. The summed E-state index contributed by atoms with van der Waals surface area (Å²) < 4.78 is 16.1. The fourth-order valence-electron chi connectivity index (χ4n) is 1.59. The molecule has 1 aromatic carbocycles. The Labute approximate surface area is 103 Å². The second-order valence-corrected chi connectivity index (χ2v) is 3.67. The molecule has 4 nitrogen and oxygen atoms in total. The standard InChI is InChI=1S/C13H21NO3/c1-14-10-11-6-4-7-12(16-3)13(11)17-9-5-8-15-2/h4,6-7,14H,5,8-10H2,1-3H3. The summed E-state index contributed by atoms with van der Waals surface area (Å²) in [5.41, 5.74) is 1.10. The normalized spacial score (nSPS) is 10.3. The summed E-state index contributed by atoms with van der Waals surface area (Å²) in [6.07, 6.45) is 0.869. The lowest BCUT2D eigenvalue weighted by atomic mass is 10.2. The van der Waals surface area contributed by atoms with Gasteiger partial charge in [-0.1, -0.05) is 12.1 Å². The van der Waals surface area contributed by atoms with Gasteiger partial charge in [-0.15, -0.1) is 0 Å². The van der Waals surface area contributed by atoms with Crippen LogP contribution in [-0.4, -0.2) is 34.5 Å². The number of ether oxygens (including phenoxy) is 3. The van der Waals surface area contributed by atoms with Crippen LogP contribution in [0.15, 0.2) is 18.2 Å². The Morgan fingerprint density at radius 1 is 1.18 bits per heavy atom. The zero-order valence-corrected chi connectivity index (χ0v) is 10.8. The van der Waals surface area contributed by atoms with E-state index in [9.17, 15) is 0 Å².